The zero-order chi connectivity index (χ0) is 11.5. The van der Waals surface area contributed by atoms with Crippen LogP contribution in [0.2, 0.25) is 5.28 Å². The Kier molecular flexibility index (Phi) is 3.01. The van der Waals surface area contributed by atoms with Crippen molar-refractivity contribution < 1.29 is 9.47 Å². The molecule has 0 spiro atoms. The molecular weight excluding hydrogens is 228 g/mol. The van der Waals surface area contributed by atoms with Crippen molar-refractivity contribution in [2.45, 2.75) is 0 Å². The summed E-state index contributed by atoms with van der Waals surface area (Å²) in [5.74, 6) is 1.36. The molecule has 0 aliphatic heterocycles. The summed E-state index contributed by atoms with van der Waals surface area (Å²) in [6.07, 6.45) is 1.67. The molecule has 0 saturated carbocycles. The minimum atomic E-state index is 0.366. The Bertz CT molecular complexity index is 496. The summed E-state index contributed by atoms with van der Waals surface area (Å²) in [6, 6.07) is 5.61. The van der Waals surface area contributed by atoms with E-state index >= 15 is 0 Å². The normalized spacial score (nSPS) is 10.2. The van der Waals surface area contributed by atoms with Crippen LogP contribution in [0.1, 0.15) is 0 Å². The van der Waals surface area contributed by atoms with Crippen LogP contribution in [0.3, 0.4) is 0 Å². The monoisotopic (exact) mass is 238 g/mol. The lowest BCUT2D eigenvalue weighted by Crippen LogP contribution is -1.90. The smallest absolute Gasteiger partial charge is 0.200 e. The quantitative estimate of drug-likeness (QED) is 0.895. The summed E-state index contributed by atoms with van der Waals surface area (Å²) in [5, 5.41) is 0.366. The van der Waals surface area contributed by atoms with E-state index in [-0.39, 0.29) is 0 Å². The van der Waals surface area contributed by atoms with Gasteiger partial charge in [0, 0.05) is 5.56 Å². The lowest BCUT2D eigenvalue weighted by Gasteiger charge is -2.08. The van der Waals surface area contributed by atoms with Gasteiger partial charge < -0.3 is 14.5 Å². The minimum Gasteiger partial charge on any atom is -0.493 e. The van der Waals surface area contributed by atoms with Crippen molar-refractivity contribution in [1.82, 2.24) is 9.97 Å². The maximum absolute atomic E-state index is 5.72. The Hall–Kier alpha value is -1.68. The first kappa shape index (κ1) is 10.8. The number of aromatic amines is 1. The zero-order valence-corrected chi connectivity index (χ0v) is 9.71. The van der Waals surface area contributed by atoms with E-state index in [9.17, 15) is 0 Å². The first-order valence-corrected chi connectivity index (χ1v) is 5.05. The molecule has 1 aromatic carbocycles. The van der Waals surface area contributed by atoms with Crippen LogP contribution in [0, 0.1) is 0 Å². The molecule has 4 nitrogen and oxygen atoms in total. The van der Waals surface area contributed by atoms with Gasteiger partial charge in [-0.1, -0.05) is 0 Å². The SMILES string of the molecule is COc1ccc(-c2cnc(Cl)[nH]2)cc1OC. The van der Waals surface area contributed by atoms with E-state index < -0.39 is 0 Å². The number of nitrogens with one attached hydrogen (secondary N) is 1. The molecule has 0 unspecified atom stereocenters. The Balaban J connectivity index is 2.43. The van der Waals surface area contributed by atoms with Crippen LogP contribution in [0.5, 0.6) is 11.5 Å². The predicted molar refractivity (Wildman–Crippen MR) is 62.1 cm³/mol. The van der Waals surface area contributed by atoms with Crippen LogP contribution in [0.25, 0.3) is 11.3 Å². The number of rotatable bonds is 3. The van der Waals surface area contributed by atoms with Gasteiger partial charge in [-0.05, 0) is 29.8 Å². The molecule has 1 aromatic heterocycles. The van der Waals surface area contributed by atoms with Gasteiger partial charge in [-0.3, -0.25) is 0 Å². The first-order chi connectivity index (χ1) is 7.74. The summed E-state index contributed by atoms with van der Waals surface area (Å²) >= 11 is 5.72. The number of H-pyrrole nitrogens is 1. The van der Waals surface area contributed by atoms with Gasteiger partial charge in [0.1, 0.15) is 0 Å². The van der Waals surface area contributed by atoms with Crippen molar-refractivity contribution >= 4 is 11.6 Å². The van der Waals surface area contributed by atoms with E-state index in [1.54, 1.807) is 20.4 Å². The molecule has 2 aromatic rings. The number of methoxy groups -OCH3 is 2. The summed E-state index contributed by atoms with van der Waals surface area (Å²) < 4.78 is 10.4. The van der Waals surface area contributed by atoms with Gasteiger partial charge in [-0.25, -0.2) is 4.98 Å². The van der Waals surface area contributed by atoms with Crippen LogP contribution in [0.4, 0.5) is 0 Å². The van der Waals surface area contributed by atoms with Gasteiger partial charge >= 0.3 is 0 Å². The van der Waals surface area contributed by atoms with Crippen LogP contribution in [0.15, 0.2) is 24.4 Å². The molecule has 0 atom stereocenters. The van der Waals surface area contributed by atoms with E-state index in [4.69, 9.17) is 21.1 Å². The third-order valence-electron chi connectivity index (χ3n) is 2.24. The van der Waals surface area contributed by atoms with Crippen LogP contribution < -0.4 is 9.47 Å². The van der Waals surface area contributed by atoms with Gasteiger partial charge in [0.25, 0.3) is 0 Å². The van der Waals surface area contributed by atoms with E-state index in [1.165, 1.54) is 0 Å². The highest BCUT2D eigenvalue weighted by Gasteiger charge is 2.07. The molecule has 84 valence electrons. The van der Waals surface area contributed by atoms with Gasteiger partial charge in [-0.2, -0.15) is 0 Å². The number of hydrogen-bond acceptors (Lipinski definition) is 3. The van der Waals surface area contributed by atoms with Crippen molar-refractivity contribution in [3.8, 4) is 22.8 Å². The van der Waals surface area contributed by atoms with Crippen LogP contribution >= 0.6 is 11.6 Å². The molecule has 0 fully saturated rings. The van der Waals surface area contributed by atoms with Gasteiger partial charge in [0.05, 0.1) is 26.1 Å². The fourth-order valence-corrected chi connectivity index (χ4v) is 1.60. The second kappa shape index (κ2) is 4.45. The van der Waals surface area contributed by atoms with Crippen LogP contribution in [-0.2, 0) is 0 Å². The van der Waals surface area contributed by atoms with E-state index in [1.807, 2.05) is 18.2 Å². The molecule has 0 radical (unpaired) electrons. The summed E-state index contributed by atoms with van der Waals surface area (Å²) in [4.78, 5) is 6.87. The third-order valence-corrected chi connectivity index (χ3v) is 2.43. The average molecular weight is 239 g/mol. The lowest BCUT2D eigenvalue weighted by molar-refractivity contribution is 0.355. The average Bonchev–Trinajstić information content (AvgIpc) is 2.75. The Morgan fingerprint density at radius 2 is 1.94 bits per heavy atom. The highest BCUT2D eigenvalue weighted by Crippen LogP contribution is 2.31. The number of benzene rings is 1. The number of hydrogen-bond donors (Lipinski definition) is 1. The van der Waals surface area contributed by atoms with Crippen molar-refractivity contribution in [2.75, 3.05) is 14.2 Å². The molecule has 2 rings (SSSR count). The molecule has 0 amide bonds. The lowest BCUT2D eigenvalue weighted by atomic mass is 10.1. The number of imidazole rings is 1. The Morgan fingerprint density at radius 3 is 2.50 bits per heavy atom. The van der Waals surface area contributed by atoms with Crippen molar-refractivity contribution in [3.05, 3.63) is 29.7 Å². The van der Waals surface area contributed by atoms with Crippen molar-refractivity contribution in [2.24, 2.45) is 0 Å². The number of nitrogens with zero attached hydrogens (tertiary/aromatic N) is 1. The zero-order valence-electron chi connectivity index (χ0n) is 8.95. The molecule has 1 heterocycles. The highest BCUT2D eigenvalue weighted by atomic mass is 35.5. The van der Waals surface area contributed by atoms with E-state index in [0.717, 1.165) is 11.3 Å². The first-order valence-electron chi connectivity index (χ1n) is 4.67. The molecule has 5 heteroatoms. The molecule has 0 saturated heterocycles. The second-order valence-electron chi connectivity index (χ2n) is 3.16. The van der Waals surface area contributed by atoms with Gasteiger partial charge in [0.15, 0.2) is 16.8 Å². The molecule has 0 aliphatic carbocycles. The molecule has 1 N–H and O–H groups in total. The predicted octanol–water partition coefficient (Wildman–Crippen LogP) is 2.75. The van der Waals surface area contributed by atoms with Crippen molar-refractivity contribution in [1.29, 1.82) is 0 Å². The van der Waals surface area contributed by atoms with Crippen molar-refractivity contribution in [3.63, 3.8) is 0 Å². The maximum Gasteiger partial charge on any atom is 0.200 e. The Morgan fingerprint density at radius 1 is 1.19 bits per heavy atom. The van der Waals surface area contributed by atoms with Gasteiger partial charge in [-0.15, -0.1) is 0 Å². The summed E-state index contributed by atoms with van der Waals surface area (Å²) in [7, 11) is 3.20. The minimum absolute atomic E-state index is 0.366. The van der Waals surface area contributed by atoms with Gasteiger partial charge in [0.2, 0.25) is 0 Å². The fourth-order valence-electron chi connectivity index (χ4n) is 1.45. The third kappa shape index (κ3) is 1.97. The number of aromatic nitrogens is 2. The fraction of sp³-hybridized carbons (Fsp3) is 0.182. The van der Waals surface area contributed by atoms with E-state index in [2.05, 4.69) is 9.97 Å². The largest absolute Gasteiger partial charge is 0.493 e. The number of halogens is 1. The molecular formula is C11H11ClN2O2. The maximum atomic E-state index is 5.72. The summed E-state index contributed by atoms with van der Waals surface area (Å²) in [5.41, 5.74) is 1.78. The molecule has 0 bridgehead atoms. The number of ether oxygens (including phenoxy) is 2. The van der Waals surface area contributed by atoms with E-state index in [0.29, 0.717) is 16.8 Å². The molecule has 16 heavy (non-hydrogen) atoms. The summed E-state index contributed by atoms with van der Waals surface area (Å²) in [6.45, 7) is 0. The topological polar surface area (TPSA) is 47.1 Å². The molecule has 0 aliphatic rings. The van der Waals surface area contributed by atoms with Crippen LogP contribution in [-0.4, -0.2) is 24.2 Å². The second-order valence-corrected chi connectivity index (χ2v) is 3.52. The standard InChI is InChI=1S/C11H11ClN2O2/c1-15-9-4-3-7(5-10(9)16-2)8-6-13-11(12)14-8/h3-6H,1-2H3,(H,13,14). The highest BCUT2D eigenvalue weighted by molar-refractivity contribution is 6.28. The Labute approximate surface area is 98.2 Å².